The third kappa shape index (κ3) is 6.59. The third-order valence-corrected chi connectivity index (χ3v) is 6.81. The number of methoxy groups -OCH3 is 2. The van der Waals surface area contributed by atoms with E-state index in [4.69, 9.17) is 9.47 Å². The van der Waals surface area contributed by atoms with E-state index in [1.54, 1.807) is 34.9 Å². The van der Waals surface area contributed by atoms with Gasteiger partial charge in [0.15, 0.2) is 11.5 Å². The second kappa shape index (κ2) is 13.1. The van der Waals surface area contributed by atoms with Crippen LogP contribution in [0.25, 0.3) is 11.0 Å². The molecule has 9 heteroatoms. The predicted octanol–water partition coefficient (Wildman–Crippen LogP) is 4.69. The number of nitrogens with zero attached hydrogens (tertiary/aromatic N) is 4. The average Bonchev–Trinajstić information content (AvgIpc) is 3.35. The molecule has 0 spiro atoms. The van der Waals surface area contributed by atoms with Crippen LogP contribution < -0.4 is 14.8 Å². The van der Waals surface area contributed by atoms with Gasteiger partial charge in [0.25, 0.3) is 0 Å². The molecule has 0 fully saturated rings. The number of carbonyl (C=O) groups is 2. The van der Waals surface area contributed by atoms with Crippen LogP contribution in [0.15, 0.2) is 66.7 Å². The molecule has 0 aliphatic heterocycles. The number of fused-ring (bicyclic) bond motifs is 1. The Morgan fingerprint density at radius 3 is 2.42 bits per heavy atom. The topological polar surface area (TPSA) is 98.6 Å². The summed E-state index contributed by atoms with van der Waals surface area (Å²) in [5, 5.41) is 11.5. The molecular formula is C31H37N5O4. The van der Waals surface area contributed by atoms with Gasteiger partial charge in [0.1, 0.15) is 18.1 Å². The zero-order chi connectivity index (χ0) is 28.6. The fourth-order valence-electron chi connectivity index (χ4n) is 4.63. The molecular weight excluding hydrogens is 506 g/mol. The summed E-state index contributed by atoms with van der Waals surface area (Å²) in [7, 11) is 3.08. The number of carbonyl (C=O) groups excluding carboxylic acids is 2. The molecule has 1 aromatic heterocycles. The van der Waals surface area contributed by atoms with Gasteiger partial charge in [-0.05, 0) is 43.0 Å². The van der Waals surface area contributed by atoms with Crippen molar-refractivity contribution in [3.05, 3.63) is 83.4 Å². The Kier molecular flexibility index (Phi) is 9.37. The Morgan fingerprint density at radius 1 is 0.975 bits per heavy atom. The van der Waals surface area contributed by atoms with Crippen LogP contribution in [0, 0.1) is 12.8 Å². The summed E-state index contributed by atoms with van der Waals surface area (Å²) in [6.45, 7) is 6.81. The van der Waals surface area contributed by atoms with E-state index in [0.29, 0.717) is 35.0 Å². The molecule has 0 saturated heterocycles. The molecule has 4 aromatic rings. The van der Waals surface area contributed by atoms with Crippen LogP contribution in [-0.4, -0.2) is 52.5 Å². The number of hydrogen-bond donors (Lipinski definition) is 1. The monoisotopic (exact) mass is 543 g/mol. The number of benzene rings is 3. The highest BCUT2D eigenvalue weighted by Crippen LogP contribution is 2.38. The van der Waals surface area contributed by atoms with Crippen LogP contribution in [-0.2, 0) is 22.7 Å². The summed E-state index contributed by atoms with van der Waals surface area (Å²) in [6.07, 6.45) is 0.810. The lowest BCUT2D eigenvalue weighted by Crippen LogP contribution is -2.45. The number of amides is 2. The van der Waals surface area contributed by atoms with E-state index in [-0.39, 0.29) is 24.9 Å². The van der Waals surface area contributed by atoms with Crippen molar-refractivity contribution in [1.82, 2.24) is 25.2 Å². The summed E-state index contributed by atoms with van der Waals surface area (Å²) in [6, 6.07) is 19.8. The Balaban J connectivity index is 1.80. The van der Waals surface area contributed by atoms with Crippen molar-refractivity contribution < 1.29 is 19.1 Å². The number of para-hydroxylation sites is 2. The Morgan fingerprint density at radius 2 is 1.73 bits per heavy atom. The van der Waals surface area contributed by atoms with Crippen LogP contribution in [0.2, 0.25) is 0 Å². The predicted molar refractivity (Wildman–Crippen MR) is 154 cm³/mol. The molecule has 1 atom stereocenters. The lowest BCUT2D eigenvalue weighted by molar-refractivity contribution is -0.142. The van der Waals surface area contributed by atoms with Gasteiger partial charge in [0.2, 0.25) is 11.8 Å². The number of ether oxygens (including phenoxy) is 2. The van der Waals surface area contributed by atoms with E-state index >= 15 is 0 Å². The lowest BCUT2D eigenvalue weighted by atomic mass is 10.0. The molecule has 0 aliphatic carbocycles. The van der Waals surface area contributed by atoms with Gasteiger partial charge in [0.05, 0.1) is 19.7 Å². The SMILES string of the molecule is COc1cccc([C@H](C(=O)NCCC(C)C)N(Cc2ccc(C)cc2)C(=O)Cn2nnc3ccccc32)c1OC. The fraction of sp³-hybridized carbons (Fsp3) is 0.355. The Hall–Kier alpha value is -4.40. The smallest absolute Gasteiger partial charge is 0.247 e. The number of rotatable bonds is 12. The van der Waals surface area contributed by atoms with Crippen molar-refractivity contribution in [3.8, 4) is 11.5 Å². The van der Waals surface area contributed by atoms with Gasteiger partial charge >= 0.3 is 0 Å². The summed E-state index contributed by atoms with van der Waals surface area (Å²) < 4.78 is 12.8. The maximum atomic E-state index is 14.2. The van der Waals surface area contributed by atoms with Gasteiger partial charge in [-0.3, -0.25) is 9.59 Å². The highest BCUT2D eigenvalue weighted by Gasteiger charge is 2.35. The van der Waals surface area contributed by atoms with E-state index in [1.807, 2.05) is 55.5 Å². The molecule has 210 valence electrons. The molecule has 1 heterocycles. The second-order valence-corrected chi connectivity index (χ2v) is 10.2. The summed E-state index contributed by atoms with van der Waals surface area (Å²) >= 11 is 0. The maximum absolute atomic E-state index is 14.2. The molecule has 9 nitrogen and oxygen atoms in total. The highest BCUT2D eigenvalue weighted by atomic mass is 16.5. The number of aryl methyl sites for hydroxylation is 1. The van der Waals surface area contributed by atoms with Crippen LogP contribution >= 0.6 is 0 Å². The molecule has 0 aliphatic rings. The minimum absolute atomic E-state index is 0.0889. The number of nitrogens with one attached hydrogen (secondary N) is 1. The van der Waals surface area contributed by atoms with Crippen molar-refractivity contribution in [3.63, 3.8) is 0 Å². The number of aromatic nitrogens is 3. The highest BCUT2D eigenvalue weighted by molar-refractivity contribution is 5.90. The first-order valence-corrected chi connectivity index (χ1v) is 13.4. The summed E-state index contributed by atoms with van der Waals surface area (Å²) in [4.78, 5) is 29.7. The normalized spacial score (nSPS) is 11.8. The number of hydrogen-bond acceptors (Lipinski definition) is 6. The minimum Gasteiger partial charge on any atom is -0.493 e. The molecule has 0 saturated carbocycles. The summed E-state index contributed by atoms with van der Waals surface area (Å²) in [5.74, 6) is 0.712. The van der Waals surface area contributed by atoms with Crippen molar-refractivity contribution in [2.45, 2.75) is 46.3 Å². The van der Waals surface area contributed by atoms with E-state index in [9.17, 15) is 9.59 Å². The van der Waals surface area contributed by atoms with E-state index in [1.165, 1.54) is 7.11 Å². The van der Waals surface area contributed by atoms with Gasteiger partial charge < -0.3 is 19.7 Å². The minimum atomic E-state index is -0.985. The third-order valence-electron chi connectivity index (χ3n) is 6.81. The maximum Gasteiger partial charge on any atom is 0.247 e. The zero-order valence-electron chi connectivity index (χ0n) is 23.8. The molecule has 1 N–H and O–H groups in total. The first kappa shape index (κ1) is 28.6. The molecule has 40 heavy (non-hydrogen) atoms. The quantitative estimate of drug-likeness (QED) is 0.278. The van der Waals surface area contributed by atoms with Crippen LogP contribution in [0.4, 0.5) is 0 Å². The van der Waals surface area contributed by atoms with Crippen molar-refractivity contribution in [2.24, 2.45) is 5.92 Å². The summed E-state index contributed by atoms with van der Waals surface area (Å²) in [5.41, 5.74) is 3.96. The first-order valence-electron chi connectivity index (χ1n) is 13.4. The standard InChI is InChI=1S/C31H37N5O4/c1-21(2)17-18-32-31(38)29(24-9-8-12-27(39-4)30(24)40-5)35(19-23-15-13-22(3)14-16-23)28(37)20-36-26-11-7-6-10-25(26)33-34-36/h6-16,21,29H,17-20H2,1-5H3,(H,32,38)/t29-/m1/s1. The van der Waals surface area contributed by atoms with Crippen LogP contribution in [0.3, 0.4) is 0 Å². The molecule has 0 bridgehead atoms. The average molecular weight is 544 g/mol. The van der Waals surface area contributed by atoms with Gasteiger partial charge in [-0.2, -0.15) is 0 Å². The van der Waals surface area contributed by atoms with Gasteiger partial charge in [0, 0.05) is 18.7 Å². The molecule has 0 radical (unpaired) electrons. The first-order chi connectivity index (χ1) is 19.3. The van der Waals surface area contributed by atoms with E-state index < -0.39 is 6.04 Å². The molecule has 4 rings (SSSR count). The zero-order valence-corrected chi connectivity index (χ0v) is 23.8. The van der Waals surface area contributed by atoms with Gasteiger partial charge in [-0.25, -0.2) is 4.68 Å². The van der Waals surface area contributed by atoms with Crippen LogP contribution in [0.1, 0.15) is 43.0 Å². The fourth-order valence-corrected chi connectivity index (χ4v) is 4.63. The largest absolute Gasteiger partial charge is 0.493 e. The van der Waals surface area contributed by atoms with E-state index in [0.717, 1.165) is 23.1 Å². The van der Waals surface area contributed by atoms with Gasteiger partial charge in [-0.15, -0.1) is 5.10 Å². The lowest BCUT2D eigenvalue weighted by Gasteiger charge is -2.32. The van der Waals surface area contributed by atoms with Crippen molar-refractivity contribution >= 4 is 22.8 Å². The molecule has 0 unspecified atom stereocenters. The van der Waals surface area contributed by atoms with E-state index in [2.05, 4.69) is 29.5 Å². The Bertz CT molecular complexity index is 1450. The molecule has 2 amide bonds. The van der Waals surface area contributed by atoms with Crippen LogP contribution in [0.5, 0.6) is 11.5 Å². The Labute approximate surface area is 235 Å². The molecule has 3 aromatic carbocycles. The van der Waals surface area contributed by atoms with Crippen molar-refractivity contribution in [1.29, 1.82) is 0 Å². The van der Waals surface area contributed by atoms with Gasteiger partial charge in [-0.1, -0.05) is 73.2 Å². The van der Waals surface area contributed by atoms with Crippen molar-refractivity contribution in [2.75, 3.05) is 20.8 Å². The second-order valence-electron chi connectivity index (χ2n) is 10.2.